The van der Waals surface area contributed by atoms with Crippen LogP contribution in [0.2, 0.25) is 5.02 Å². The minimum absolute atomic E-state index is 0.261. The van der Waals surface area contributed by atoms with Gasteiger partial charge in [0.15, 0.2) is 11.5 Å². The highest BCUT2D eigenvalue weighted by Gasteiger charge is 2.34. The van der Waals surface area contributed by atoms with E-state index in [2.05, 4.69) is 15.9 Å². The predicted octanol–water partition coefficient (Wildman–Crippen LogP) is 7.36. The van der Waals surface area contributed by atoms with Crippen LogP contribution >= 0.6 is 39.3 Å². The summed E-state index contributed by atoms with van der Waals surface area (Å²) in [5, 5.41) is 0.381. The molecule has 35 heavy (non-hydrogen) atoms. The Balaban J connectivity index is 1.51. The van der Waals surface area contributed by atoms with Gasteiger partial charge in [0, 0.05) is 11.6 Å². The van der Waals surface area contributed by atoms with Gasteiger partial charge in [0.2, 0.25) is 0 Å². The lowest BCUT2D eigenvalue weighted by Crippen LogP contribution is -2.30. The molecule has 3 aromatic carbocycles. The average Bonchev–Trinajstić information content (AvgIpc) is 3.10. The fourth-order valence-electron chi connectivity index (χ4n) is 3.59. The molecule has 0 aromatic heterocycles. The molecule has 1 saturated heterocycles. The summed E-state index contributed by atoms with van der Waals surface area (Å²) >= 11 is 10.6. The van der Waals surface area contributed by atoms with Crippen molar-refractivity contribution in [2.45, 2.75) is 20.0 Å². The third-order valence-corrected chi connectivity index (χ3v) is 6.97. The first-order valence-corrected chi connectivity index (χ1v) is 13.1. The van der Waals surface area contributed by atoms with Crippen LogP contribution in [0.5, 0.6) is 11.5 Å². The fraction of sp³-hybridized carbons (Fsp3) is 0.185. The van der Waals surface area contributed by atoms with Gasteiger partial charge in [0.05, 0.1) is 16.0 Å². The number of amides is 2. The Morgan fingerprint density at radius 2 is 1.77 bits per heavy atom. The predicted molar refractivity (Wildman–Crippen MR) is 144 cm³/mol. The highest BCUT2D eigenvalue weighted by atomic mass is 79.9. The van der Waals surface area contributed by atoms with E-state index >= 15 is 0 Å². The molecule has 0 radical (unpaired) electrons. The Kier molecular flexibility index (Phi) is 8.55. The van der Waals surface area contributed by atoms with Crippen LogP contribution in [0.15, 0.2) is 76.1 Å². The first-order valence-electron chi connectivity index (χ1n) is 11.1. The highest BCUT2D eigenvalue weighted by molar-refractivity contribution is 9.10. The molecule has 1 aliphatic heterocycles. The highest BCUT2D eigenvalue weighted by Crippen LogP contribution is 2.39. The maximum atomic E-state index is 12.9. The molecule has 3 aromatic rings. The monoisotopic (exact) mass is 571 g/mol. The maximum absolute atomic E-state index is 12.9. The van der Waals surface area contributed by atoms with Gasteiger partial charge in [-0.3, -0.25) is 14.5 Å². The van der Waals surface area contributed by atoms with Gasteiger partial charge >= 0.3 is 0 Å². The molecule has 8 heteroatoms. The normalized spacial score (nSPS) is 14.6. The number of carbonyl (C=O) groups excluding carboxylic acids is 2. The standard InChI is InChI=1S/C27H23BrClNO4S/c1-2-33-23-15-20(14-22(28)25(23)34-17-19-9-6-10-21(29)13-19)16-24-26(31)30(27(32)35-24)12-11-18-7-4-3-5-8-18/h3-10,13-16H,2,11-12,17H2,1H3/b24-16-. The Morgan fingerprint density at radius 3 is 2.51 bits per heavy atom. The van der Waals surface area contributed by atoms with E-state index in [0.717, 1.165) is 28.5 Å². The van der Waals surface area contributed by atoms with Crippen LogP contribution in [0.4, 0.5) is 4.79 Å². The van der Waals surface area contributed by atoms with Crippen molar-refractivity contribution in [3.8, 4) is 11.5 Å². The number of benzene rings is 3. The van der Waals surface area contributed by atoms with Crippen molar-refractivity contribution in [1.82, 2.24) is 4.90 Å². The van der Waals surface area contributed by atoms with Crippen molar-refractivity contribution in [3.05, 3.63) is 97.8 Å². The summed E-state index contributed by atoms with van der Waals surface area (Å²) < 4.78 is 12.5. The Labute approximate surface area is 222 Å². The molecule has 0 bridgehead atoms. The number of ether oxygens (including phenoxy) is 2. The van der Waals surface area contributed by atoms with Crippen molar-refractivity contribution >= 4 is 56.5 Å². The fourth-order valence-corrected chi connectivity index (χ4v) is 5.24. The number of thioether (sulfide) groups is 1. The van der Waals surface area contributed by atoms with Gasteiger partial charge in [0.25, 0.3) is 11.1 Å². The van der Waals surface area contributed by atoms with Crippen molar-refractivity contribution in [2.75, 3.05) is 13.2 Å². The molecule has 1 heterocycles. The van der Waals surface area contributed by atoms with Crippen LogP contribution in [-0.4, -0.2) is 29.2 Å². The molecule has 1 fully saturated rings. The third kappa shape index (κ3) is 6.48. The average molecular weight is 573 g/mol. The van der Waals surface area contributed by atoms with Gasteiger partial charge in [-0.1, -0.05) is 54.1 Å². The van der Waals surface area contributed by atoms with Crippen LogP contribution in [0.25, 0.3) is 6.08 Å². The Morgan fingerprint density at radius 1 is 1.00 bits per heavy atom. The number of imide groups is 1. The smallest absolute Gasteiger partial charge is 0.293 e. The Bertz CT molecular complexity index is 1270. The molecule has 0 unspecified atom stereocenters. The minimum Gasteiger partial charge on any atom is -0.490 e. The van der Waals surface area contributed by atoms with E-state index in [9.17, 15) is 9.59 Å². The van der Waals surface area contributed by atoms with E-state index < -0.39 is 0 Å². The zero-order valence-electron chi connectivity index (χ0n) is 19.0. The Hall–Kier alpha value is -2.74. The molecular weight excluding hydrogens is 550 g/mol. The lowest BCUT2D eigenvalue weighted by atomic mass is 10.1. The maximum Gasteiger partial charge on any atom is 0.293 e. The number of carbonyl (C=O) groups is 2. The van der Waals surface area contributed by atoms with Crippen LogP contribution in [-0.2, 0) is 17.8 Å². The van der Waals surface area contributed by atoms with Crippen LogP contribution in [0.1, 0.15) is 23.6 Å². The SMILES string of the molecule is CCOc1cc(/C=C2\SC(=O)N(CCc3ccccc3)C2=O)cc(Br)c1OCc1cccc(Cl)c1. The number of halogens is 2. The zero-order chi connectivity index (χ0) is 24.8. The van der Waals surface area contributed by atoms with E-state index in [1.807, 2.05) is 67.6 Å². The molecule has 2 amide bonds. The van der Waals surface area contributed by atoms with E-state index in [-0.39, 0.29) is 11.1 Å². The van der Waals surface area contributed by atoms with Gasteiger partial charge < -0.3 is 9.47 Å². The molecule has 0 spiro atoms. The van der Waals surface area contributed by atoms with Gasteiger partial charge in [-0.2, -0.15) is 0 Å². The number of rotatable bonds is 9. The van der Waals surface area contributed by atoms with E-state index in [4.69, 9.17) is 21.1 Å². The molecule has 0 N–H and O–H groups in total. The summed E-state index contributed by atoms with van der Waals surface area (Å²) in [4.78, 5) is 27.1. The van der Waals surface area contributed by atoms with E-state index in [1.54, 1.807) is 12.1 Å². The summed E-state index contributed by atoms with van der Waals surface area (Å²) in [5.41, 5.74) is 2.73. The molecule has 0 saturated carbocycles. The second kappa shape index (κ2) is 11.8. The lowest BCUT2D eigenvalue weighted by Gasteiger charge is -2.15. The van der Waals surface area contributed by atoms with Crippen molar-refractivity contribution in [3.63, 3.8) is 0 Å². The summed E-state index contributed by atoms with van der Waals surface area (Å²) in [5.74, 6) is 0.810. The molecule has 5 nitrogen and oxygen atoms in total. The molecule has 180 valence electrons. The van der Waals surface area contributed by atoms with Crippen LogP contribution < -0.4 is 9.47 Å². The summed E-state index contributed by atoms with van der Waals surface area (Å²) in [7, 11) is 0. The lowest BCUT2D eigenvalue weighted by molar-refractivity contribution is -0.122. The van der Waals surface area contributed by atoms with Gasteiger partial charge in [-0.25, -0.2) is 0 Å². The molecule has 1 aliphatic rings. The summed E-state index contributed by atoms with van der Waals surface area (Å²) in [6.45, 7) is 2.99. The van der Waals surface area contributed by atoms with Gasteiger partial charge in [-0.05, 0) is 88.1 Å². The number of nitrogens with zero attached hydrogens (tertiary/aromatic N) is 1. The van der Waals surface area contributed by atoms with Crippen molar-refractivity contribution in [1.29, 1.82) is 0 Å². The van der Waals surface area contributed by atoms with Crippen LogP contribution in [0, 0.1) is 0 Å². The topological polar surface area (TPSA) is 55.8 Å². The second-order valence-electron chi connectivity index (χ2n) is 7.75. The first-order chi connectivity index (χ1) is 16.9. The molecule has 4 rings (SSSR count). The van der Waals surface area contributed by atoms with Crippen molar-refractivity contribution in [2.24, 2.45) is 0 Å². The van der Waals surface area contributed by atoms with E-state index in [1.165, 1.54) is 4.90 Å². The largest absolute Gasteiger partial charge is 0.490 e. The second-order valence-corrected chi connectivity index (χ2v) is 10.0. The first kappa shape index (κ1) is 25.4. The van der Waals surface area contributed by atoms with E-state index in [0.29, 0.717) is 52.1 Å². The van der Waals surface area contributed by atoms with Crippen molar-refractivity contribution < 1.29 is 19.1 Å². The number of hydrogen-bond acceptors (Lipinski definition) is 5. The minimum atomic E-state index is -0.286. The molecular formula is C27H23BrClNO4S. The number of hydrogen-bond donors (Lipinski definition) is 0. The molecule has 0 atom stereocenters. The summed E-state index contributed by atoms with van der Waals surface area (Å²) in [6.07, 6.45) is 2.33. The van der Waals surface area contributed by atoms with Gasteiger partial charge in [-0.15, -0.1) is 0 Å². The zero-order valence-corrected chi connectivity index (χ0v) is 22.2. The molecule has 0 aliphatic carbocycles. The van der Waals surface area contributed by atoms with Crippen LogP contribution in [0.3, 0.4) is 0 Å². The quantitative estimate of drug-likeness (QED) is 0.251. The summed E-state index contributed by atoms with van der Waals surface area (Å²) in [6, 6.07) is 20.9. The third-order valence-electron chi connectivity index (χ3n) is 5.24. The van der Waals surface area contributed by atoms with Gasteiger partial charge in [0.1, 0.15) is 6.61 Å².